The molecule has 106 valence electrons. The zero-order valence-corrected chi connectivity index (χ0v) is 12.1. The van der Waals surface area contributed by atoms with Crippen molar-refractivity contribution in [2.45, 2.75) is 39.0 Å². The molecule has 0 saturated carbocycles. The molecule has 2 atom stereocenters. The molecule has 1 N–H and O–H groups in total. The van der Waals surface area contributed by atoms with Crippen molar-refractivity contribution in [3.63, 3.8) is 0 Å². The van der Waals surface area contributed by atoms with Gasteiger partial charge in [0.1, 0.15) is 5.78 Å². The van der Waals surface area contributed by atoms with Gasteiger partial charge in [-0.25, -0.2) is 0 Å². The number of piperidine rings is 1. The van der Waals surface area contributed by atoms with Gasteiger partial charge in [-0.3, -0.25) is 9.48 Å². The summed E-state index contributed by atoms with van der Waals surface area (Å²) in [6, 6.07) is 0. The Kier molecular flexibility index (Phi) is 5.14. The Bertz CT molecular complexity index is 407. The zero-order chi connectivity index (χ0) is 13.7. The molecule has 1 fully saturated rings. The van der Waals surface area contributed by atoms with E-state index in [1.165, 1.54) is 12.8 Å². The predicted molar refractivity (Wildman–Crippen MR) is 75.9 cm³/mol. The average Bonchev–Trinajstić information content (AvgIpc) is 2.83. The maximum Gasteiger partial charge on any atom is 0.133 e. The topological polar surface area (TPSA) is 46.9 Å². The van der Waals surface area contributed by atoms with Crippen molar-refractivity contribution in [2.75, 3.05) is 13.1 Å². The number of ketones is 1. The summed E-state index contributed by atoms with van der Waals surface area (Å²) in [6.07, 6.45) is 8.55. The molecular weight excluding hydrogens is 238 g/mol. The highest BCUT2D eigenvalue weighted by Gasteiger charge is 2.21. The number of nitrogens with zero attached hydrogens (tertiary/aromatic N) is 2. The molecule has 2 unspecified atom stereocenters. The lowest BCUT2D eigenvalue weighted by atomic mass is 9.84. The van der Waals surface area contributed by atoms with E-state index in [1.807, 2.05) is 19.4 Å². The molecule has 0 radical (unpaired) electrons. The minimum atomic E-state index is 0.391. The third-order valence-corrected chi connectivity index (χ3v) is 4.14. The third kappa shape index (κ3) is 4.46. The molecule has 1 aromatic heterocycles. The van der Waals surface area contributed by atoms with Gasteiger partial charge in [0.25, 0.3) is 0 Å². The molecule has 0 aromatic carbocycles. The van der Waals surface area contributed by atoms with Gasteiger partial charge in [0, 0.05) is 26.1 Å². The summed E-state index contributed by atoms with van der Waals surface area (Å²) in [7, 11) is 1.91. The minimum absolute atomic E-state index is 0.391. The predicted octanol–water partition coefficient (Wildman–Crippen LogP) is 1.95. The molecule has 2 rings (SSSR count). The molecule has 0 amide bonds. The van der Waals surface area contributed by atoms with Crippen molar-refractivity contribution < 1.29 is 4.79 Å². The maximum atomic E-state index is 12.0. The second-order valence-electron chi connectivity index (χ2n) is 5.85. The van der Waals surface area contributed by atoms with Crippen molar-refractivity contribution in [2.24, 2.45) is 18.9 Å². The summed E-state index contributed by atoms with van der Waals surface area (Å²) in [5, 5.41) is 7.55. The van der Waals surface area contributed by atoms with Crippen molar-refractivity contribution in [3.8, 4) is 0 Å². The molecule has 4 nitrogen and oxygen atoms in total. The van der Waals surface area contributed by atoms with Gasteiger partial charge >= 0.3 is 0 Å². The van der Waals surface area contributed by atoms with Gasteiger partial charge in [-0.05, 0) is 49.8 Å². The summed E-state index contributed by atoms with van der Waals surface area (Å²) in [5.74, 6) is 1.58. The van der Waals surface area contributed by atoms with E-state index < -0.39 is 0 Å². The van der Waals surface area contributed by atoms with Crippen molar-refractivity contribution in [1.29, 1.82) is 0 Å². The van der Waals surface area contributed by atoms with Gasteiger partial charge in [0.05, 0.1) is 6.20 Å². The van der Waals surface area contributed by atoms with Crippen LogP contribution in [0.15, 0.2) is 12.4 Å². The second-order valence-corrected chi connectivity index (χ2v) is 5.85. The first-order valence-electron chi connectivity index (χ1n) is 7.35. The Morgan fingerprint density at radius 2 is 2.47 bits per heavy atom. The quantitative estimate of drug-likeness (QED) is 0.853. The first-order valence-corrected chi connectivity index (χ1v) is 7.35. The van der Waals surface area contributed by atoms with Gasteiger partial charge in [-0.1, -0.05) is 6.92 Å². The van der Waals surface area contributed by atoms with Crippen LogP contribution >= 0.6 is 0 Å². The lowest BCUT2D eigenvalue weighted by molar-refractivity contribution is -0.120. The monoisotopic (exact) mass is 263 g/mol. The molecule has 19 heavy (non-hydrogen) atoms. The smallest absolute Gasteiger partial charge is 0.133 e. The van der Waals surface area contributed by atoms with Crippen LogP contribution in [0, 0.1) is 11.8 Å². The average molecular weight is 263 g/mol. The molecule has 1 aromatic rings. The molecule has 0 bridgehead atoms. The largest absolute Gasteiger partial charge is 0.316 e. The van der Waals surface area contributed by atoms with E-state index in [0.717, 1.165) is 31.5 Å². The summed E-state index contributed by atoms with van der Waals surface area (Å²) in [4.78, 5) is 12.0. The van der Waals surface area contributed by atoms with Crippen LogP contribution in [-0.2, 0) is 18.3 Å². The molecule has 1 aliphatic heterocycles. The lowest BCUT2D eigenvalue weighted by Gasteiger charge is -2.28. The number of carbonyl (C=O) groups excluding carboxylic acids is 1. The number of hydrogen-bond donors (Lipinski definition) is 1. The molecule has 2 heterocycles. The fourth-order valence-electron chi connectivity index (χ4n) is 2.88. The number of aryl methyl sites for hydroxylation is 2. The van der Waals surface area contributed by atoms with Crippen LogP contribution in [0.1, 0.15) is 38.2 Å². The number of aromatic nitrogens is 2. The van der Waals surface area contributed by atoms with Gasteiger partial charge in [-0.2, -0.15) is 5.10 Å². The second kappa shape index (κ2) is 6.85. The molecular formula is C15H25N3O. The summed E-state index contributed by atoms with van der Waals surface area (Å²) in [6.45, 7) is 4.44. The Morgan fingerprint density at radius 1 is 1.63 bits per heavy atom. The Labute approximate surface area is 115 Å². The van der Waals surface area contributed by atoms with E-state index in [4.69, 9.17) is 0 Å². The molecule has 1 aliphatic rings. The number of hydrogen-bond acceptors (Lipinski definition) is 3. The van der Waals surface area contributed by atoms with E-state index in [-0.39, 0.29) is 0 Å². The highest BCUT2D eigenvalue weighted by Crippen LogP contribution is 2.23. The molecule has 0 aliphatic carbocycles. The maximum absolute atomic E-state index is 12.0. The van der Waals surface area contributed by atoms with Crippen LogP contribution in [0.4, 0.5) is 0 Å². The van der Waals surface area contributed by atoms with Gasteiger partial charge in [-0.15, -0.1) is 0 Å². The summed E-state index contributed by atoms with van der Waals surface area (Å²) in [5.41, 5.74) is 1.16. The number of rotatable bonds is 6. The summed E-state index contributed by atoms with van der Waals surface area (Å²) < 4.78 is 1.79. The fraction of sp³-hybridized carbons (Fsp3) is 0.733. The Morgan fingerprint density at radius 3 is 3.11 bits per heavy atom. The van der Waals surface area contributed by atoms with E-state index in [9.17, 15) is 4.79 Å². The first-order chi connectivity index (χ1) is 9.15. The van der Waals surface area contributed by atoms with E-state index in [2.05, 4.69) is 17.3 Å². The fourth-order valence-corrected chi connectivity index (χ4v) is 2.88. The molecule has 0 spiro atoms. The first kappa shape index (κ1) is 14.3. The standard InChI is InChI=1S/C15H25N3O/c1-12(14-4-3-7-16-10-14)8-15(19)6-5-13-9-17-18(2)11-13/h9,11-12,14,16H,3-8,10H2,1-2H3. The molecule has 4 heteroatoms. The van der Waals surface area contributed by atoms with Gasteiger partial charge in [0.15, 0.2) is 0 Å². The number of carbonyl (C=O) groups is 1. The van der Waals surface area contributed by atoms with E-state index in [1.54, 1.807) is 4.68 Å². The van der Waals surface area contributed by atoms with Gasteiger partial charge < -0.3 is 5.32 Å². The van der Waals surface area contributed by atoms with Crippen LogP contribution in [0.3, 0.4) is 0 Å². The van der Waals surface area contributed by atoms with Crippen LogP contribution in [0.5, 0.6) is 0 Å². The summed E-state index contributed by atoms with van der Waals surface area (Å²) >= 11 is 0. The van der Waals surface area contributed by atoms with Crippen LogP contribution in [0.25, 0.3) is 0 Å². The molecule has 1 saturated heterocycles. The highest BCUT2D eigenvalue weighted by atomic mass is 16.1. The van der Waals surface area contributed by atoms with Crippen molar-refractivity contribution >= 4 is 5.78 Å². The van der Waals surface area contributed by atoms with Gasteiger partial charge in [0.2, 0.25) is 0 Å². The minimum Gasteiger partial charge on any atom is -0.316 e. The normalized spacial score (nSPS) is 21.3. The SMILES string of the molecule is CC(CC(=O)CCc1cnn(C)c1)C1CCCNC1. The van der Waals surface area contributed by atoms with Crippen molar-refractivity contribution in [3.05, 3.63) is 18.0 Å². The number of Topliss-reactive ketones (excluding diaryl/α,β-unsaturated/α-hetero) is 1. The Balaban J connectivity index is 1.71. The van der Waals surface area contributed by atoms with Crippen LogP contribution < -0.4 is 5.32 Å². The highest BCUT2D eigenvalue weighted by molar-refractivity contribution is 5.78. The van der Waals surface area contributed by atoms with Crippen LogP contribution in [-0.4, -0.2) is 28.7 Å². The lowest BCUT2D eigenvalue weighted by Crippen LogP contribution is -2.34. The zero-order valence-electron chi connectivity index (χ0n) is 12.1. The number of nitrogens with one attached hydrogen (secondary N) is 1. The van der Waals surface area contributed by atoms with Crippen LogP contribution in [0.2, 0.25) is 0 Å². The Hall–Kier alpha value is -1.16. The van der Waals surface area contributed by atoms with E-state index in [0.29, 0.717) is 24.0 Å². The van der Waals surface area contributed by atoms with Crippen molar-refractivity contribution in [1.82, 2.24) is 15.1 Å². The van der Waals surface area contributed by atoms with E-state index >= 15 is 0 Å². The third-order valence-electron chi connectivity index (χ3n) is 4.14.